The number of nitrogens with one attached hydrogen (secondary N) is 2. The largest absolute Gasteiger partial charge is 0.506 e. The molecule has 0 saturated heterocycles. The number of hydrogen-bond acceptors (Lipinski definition) is 5. The van der Waals surface area contributed by atoms with Gasteiger partial charge in [-0.25, -0.2) is 4.39 Å². The quantitative estimate of drug-likeness (QED) is 0.454. The standard InChI is InChI=1S/C18H19FN2O4.ClH/c19-12-3-1-2-11(8-12)6-7-20-9-15(23)13-4-5-14(22)17-18(13)25-10-16(24)21-17;/h1-5,8,15,20,22-23H,6-7,9-10H2,(H,21,24);1H. The summed E-state index contributed by atoms with van der Waals surface area (Å²) in [4.78, 5) is 11.4. The fourth-order valence-corrected chi connectivity index (χ4v) is 2.71. The molecule has 0 spiro atoms. The monoisotopic (exact) mass is 382 g/mol. The fraction of sp³-hybridized carbons (Fsp3) is 0.278. The van der Waals surface area contributed by atoms with Gasteiger partial charge in [0.15, 0.2) is 12.4 Å². The highest BCUT2D eigenvalue weighted by Gasteiger charge is 2.25. The molecule has 26 heavy (non-hydrogen) atoms. The van der Waals surface area contributed by atoms with Gasteiger partial charge in [-0.3, -0.25) is 4.79 Å². The predicted octanol–water partition coefficient (Wildman–Crippen LogP) is 2.15. The van der Waals surface area contributed by atoms with Gasteiger partial charge in [-0.05, 0) is 42.8 Å². The molecule has 8 heteroatoms. The maximum Gasteiger partial charge on any atom is 0.262 e. The SMILES string of the molecule is Cl.O=C1COc2c(C(O)CNCCc3cccc(F)c3)ccc(O)c2N1. The molecule has 4 N–H and O–H groups in total. The summed E-state index contributed by atoms with van der Waals surface area (Å²) >= 11 is 0. The lowest BCUT2D eigenvalue weighted by molar-refractivity contribution is -0.118. The van der Waals surface area contributed by atoms with E-state index < -0.39 is 6.10 Å². The molecular formula is C18H20ClFN2O4. The van der Waals surface area contributed by atoms with Gasteiger partial charge in [-0.15, -0.1) is 12.4 Å². The maximum atomic E-state index is 13.1. The van der Waals surface area contributed by atoms with Crippen molar-refractivity contribution < 1.29 is 24.1 Å². The smallest absolute Gasteiger partial charge is 0.262 e. The molecule has 2 aromatic rings. The summed E-state index contributed by atoms with van der Waals surface area (Å²) in [7, 11) is 0. The van der Waals surface area contributed by atoms with Gasteiger partial charge in [0.05, 0.1) is 6.10 Å². The number of aliphatic hydroxyl groups is 1. The predicted molar refractivity (Wildman–Crippen MR) is 97.4 cm³/mol. The van der Waals surface area contributed by atoms with E-state index in [0.29, 0.717) is 18.5 Å². The third-order valence-electron chi connectivity index (χ3n) is 3.95. The minimum atomic E-state index is -0.878. The Morgan fingerprint density at radius 2 is 2.12 bits per heavy atom. The van der Waals surface area contributed by atoms with E-state index in [4.69, 9.17) is 4.74 Å². The molecule has 1 aliphatic rings. The molecule has 0 radical (unpaired) electrons. The minimum absolute atomic E-state index is 0. The fourth-order valence-electron chi connectivity index (χ4n) is 2.71. The number of aliphatic hydroxyl groups excluding tert-OH is 1. The average molecular weight is 383 g/mol. The second-order valence-electron chi connectivity index (χ2n) is 5.81. The molecule has 1 atom stereocenters. The van der Waals surface area contributed by atoms with Gasteiger partial charge in [0.1, 0.15) is 17.3 Å². The van der Waals surface area contributed by atoms with E-state index in [-0.39, 0.29) is 54.5 Å². The van der Waals surface area contributed by atoms with E-state index in [1.54, 1.807) is 12.1 Å². The van der Waals surface area contributed by atoms with Crippen LogP contribution in [0.2, 0.25) is 0 Å². The number of aromatic hydroxyl groups is 1. The molecule has 1 heterocycles. The summed E-state index contributed by atoms with van der Waals surface area (Å²) in [5, 5.41) is 25.8. The number of benzene rings is 2. The van der Waals surface area contributed by atoms with Crippen LogP contribution >= 0.6 is 12.4 Å². The first-order valence-electron chi connectivity index (χ1n) is 7.96. The van der Waals surface area contributed by atoms with Crippen molar-refractivity contribution in [3.8, 4) is 11.5 Å². The van der Waals surface area contributed by atoms with Crippen LogP contribution in [0.5, 0.6) is 11.5 Å². The lowest BCUT2D eigenvalue weighted by Gasteiger charge is -2.23. The van der Waals surface area contributed by atoms with E-state index >= 15 is 0 Å². The highest BCUT2D eigenvalue weighted by molar-refractivity contribution is 5.97. The topological polar surface area (TPSA) is 90.8 Å². The van der Waals surface area contributed by atoms with Crippen molar-refractivity contribution in [2.24, 2.45) is 0 Å². The summed E-state index contributed by atoms with van der Waals surface area (Å²) < 4.78 is 18.5. The zero-order chi connectivity index (χ0) is 17.8. The van der Waals surface area contributed by atoms with Gasteiger partial charge < -0.3 is 25.6 Å². The van der Waals surface area contributed by atoms with Gasteiger partial charge in [0, 0.05) is 12.1 Å². The minimum Gasteiger partial charge on any atom is -0.506 e. The average Bonchev–Trinajstić information content (AvgIpc) is 2.59. The molecule has 1 unspecified atom stereocenters. The first-order chi connectivity index (χ1) is 12.0. The second kappa shape index (κ2) is 8.84. The van der Waals surface area contributed by atoms with Crippen LogP contribution in [0, 0.1) is 5.82 Å². The molecule has 3 rings (SSSR count). The number of amides is 1. The highest BCUT2D eigenvalue weighted by atomic mass is 35.5. The van der Waals surface area contributed by atoms with Crippen LogP contribution in [0.4, 0.5) is 10.1 Å². The van der Waals surface area contributed by atoms with Crippen molar-refractivity contribution in [3.05, 3.63) is 53.3 Å². The number of phenols is 1. The molecule has 140 valence electrons. The number of anilines is 1. The van der Waals surface area contributed by atoms with Gasteiger partial charge in [0.2, 0.25) is 0 Å². The Balaban J connectivity index is 0.00000243. The third kappa shape index (κ3) is 4.63. The Kier molecular flexibility index (Phi) is 6.79. The van der Waals surface area contributed by atoms with E-state index in [0.717, 1.165) is 5.56 Å². The van der Waals surface area contributed by atoms with Gasteiger partial charge in [-0.2, -0.15) is 0 Å². The number of hydrogen-bond donors (Lipinski definition) is 4. The van der Waals surface area contributed by atoms with Crippen molar-refractivity contribution in [1.29, 1.82) is 0 Å². The lowest BCUT2D eigenvalue weighted by atomic mass is 10.0. The Bertz CT molecular complexity index is 788. The first-order valence-corrected chi connectivity index (χ1v) is 7.96. The number of fused-ring (bicyclic) bond motifs is 1. The van der Waals surface area contributed by atoms with E-state index in [1.807, 2.05) is 6.07 Å². The van der Waals surface area contributed by atoms with Crippen LogP contribution in [-0.4, -0.2) is 35.8 Å². The van der Waals surface area contributed by atoms with Crippen LogP contribution in [0.25, 0.3) is 0 Å². The van der Waals surface area contributed by atoms with Crippen molar-refractivity contribution in [3.63, 3.8) is 0 Å². The number of halogens is 2. The van der Waals surface area contributed by atoms with Gasteiger partial charge in [-0.1, -0.05) is 12.1 Å². The number of ether oxygens (including phenoxy) is 1. The molecule has 0 fully saturated rings. The van der Waals surface area contributed by atoms with Gasteiger partial charge >= 0.3 is 0 Å². The summed E-state index contributed by atoms with van der Waals surface area (Å²) in [6.45, 7) is 0.658. The molecule has 0 aliphatic carbocycles. The van der Waals surface area contributed by atoms with E-state index in [2.05, 4.69) is 10.6 Å². The van der Waals surface area contributed by atoms with Crippen LogP contribution in [0.3, 0.4) is 0 Å². The molecular weight excluding hydrogens is 363 g/mol. The van der Waals surface area contributed by atoms with E-state index in [1.165, 1.54) is 18.2 Å². The molecule has 6 nitrogen and oxygen atoms in total. The molecule has 0 aromatic heterocycles. The maximum absolute atomic E-state index is 13.1. The van der Waals surface area contributed by atoms with Crippen molar-refractivity contribution in [2.45, 2.75) is 12.5 Å². The Hall–Kier alpha value is -2.35. The second-order valence-corrected chi connectivity index (χ2v) is 5.81. The number of carbonyl (C=O) groups is 1. The van der Waals surface area contributed by atoms with Crippen LogP contribution in [-0.2, 0) is 11.2 Å². The number of rotatable bonds is 6. The van der Waals surface area contributed by atoms with Crippen molar-refractivity contribution in [1.82, 2.24) is 5.32 Å². The van der Waals surface area contributed by atoms with Crippen molar-refractivity contribution >= 4 is 24.0 Å². The van der Waals surface area contributed by atoms with Crippen LogP contribution in [0.1, 0.15) is 17.2 Å². The zero-order valence-corrected chi connectivity index (χ0v) is 14.7. The summed E-state index contributed by atoms with van der Waals surface area (Å²) in [6, 6.07) is 9.34. The molecule has 2 aromatic carbocycles. The normalized spacial score (nSPS) is 13.8. The van der Waals surface area contributed by atoms with Gasteiger partial charge in [0.25, 0.3) is 5.91 Å². The number of phenolic OH excluding ortho intramolecular Hbond substituents is 1. The summed E-state index contributed by atoms with van der Waals surface area (Å²) in [5.41, 5.74) is 1.52. The molecule has 0 bridgehead atoms. The van der Waals surface area contributed by atoms with Crippen LogP contribution in [0.15, 0.2) is 36.4 Å². The molecule has 1 aliphatic heterocycles. The zero-order valence-electron chi connectivity index (χ0n) is 13.9. The molecule has 1 amide bonds. The Labute approximate surface area is 156 Å². The summed E-state index contributed by atoms with van der Waals surface area (Å²) in [6.07, 6.45) is -0.248. The molecule has 0 saturated carbocycles. The Morgan fingerprint density at radius 3 is 2.88 bits per heavy atom. The first kappa shape index (κ1) is 20.0. The Morgan fingerprint density at radius 1 is 1.31 bits per heavy atom. The van der Waals surface area contributed by atoms with E-state index in [9.17, 15) is 19.4 Å². The third-order valence-corrected chi connectivity index (χ3v) is 3.95. The summed E-state index contributed by atoms with van der Waals surface area (Å²) in [5.74, 6) is -0.466. The lowest BCUT2D eigenvalue weighted by Crippen LogP contribution is -2.28. The highest BCUT2D eigenvalue weighted by Crippen LogP contribution is 2.41. The van der Waals surface area contributed by atoms with Crippen molar-refractivity contribution in [2.75, 3.05) is 25.0 Å². The van der Waals surface area contributed by atoms with Crippen LogP contribution < -0.4 is 15.4 Å². The number of carbonyl (C=O) groups excluding carboxylic acids is 1.